The highest BCUT2D eigenvalue weighted by Gasteiger charge is 2.25. The minimum Gasteiger partial charge on any atom is -0.356 e. The number of carbonyl (C=O) groups excluding carboxylic acids is 1. The number of hydrogen-bond donors (Lipinski definition) is 2. The standard InChI is InChI=1S/C12H17N3O/c1-2-9(7-13)15-8-12(16)14-10-5-3-4-6-11(10)15/h3-6,9H,2,7-8,13H2,1H3,(H,14,16). The highest BCUT2D eigenvalue weighted by Crippen LogP contribution is 2.30. The van der Waals surface area contributed by atoms with Crippen molar-refractivity contribution in [3.05, 3.63) is 24.3 Å². The van der Waals surface area contributed by atoms with Crippen LogP contribution in [0, 0.1) is 0 Å². The van der Waals surface area contributed by atoms with E-state index in [2.05, 4.69) is 17.1 Å². The first-order valence-corrected chi connectivity index (χ1v) is 5.61. The molecule has 4 nitrogen and oxygen atoms in total. The fourth-order valence-electron chi connectivity index (χ4n) is 2.10. The summed E-state index contributed by atoms with van der Waals surface area (Å²) in [5, 5.41) is 2.87. The van der Waals surface area contributed by atoms with Crippen molar-refractivity contribution in [3.8, 4) is 0 Å². The number of nitrogens with two attached hydrogens (primary N) is 1. The van der Waals surface area contributed by atoms with Gasteiger partial charge in [-0.15, -0.1) is 0 Å². The van der Waals surface area contributed by atoms with E-state index >= 15 is 0 Å². The van der Waals surface area contributed by atoms with Crippen molar-refractivity contribution < 1.29 is 4.79 Å². The average Bonchev–Trinajstić information content (AvgIpc) is 2.30. The summed E-state index contributed by atoms with van der Waals surface area (Å²) in [6, 6.07) is 8.07. The minimum absolute atomic E-state index is 0.0330. The molecule has 1 aromatic carbocycles. The molecular formula is C12H17N3O. The first kappa shape index (κ1) is 11.0. The molecule has 1 amide bonds. The van der Waals surface area contributed by atoms with Gasteiger partial charge in [0.15, 0.2) is 0 Å². The van der Waals surface area contributed by atoms with E-state index in [0.29, 0.717) is 13.1 Å². The van der Waals surface area contributed by atoms with Gasteiger partial charge in [0.2, 0.25) is 5.91 Å². The van der Waals surface area contributed by atoms with Crippen LogP contribution in [0.3, 0.4) is 0 Å². The predicted molar refractivity (Wildman–Crippen MR) is 65.6 cm³/mol. The van der Waals surface area contributed by atoms with Gasteiger partial charge < -0.3 is 16.0 Å². The molecule has 2 rings (SSSR count). The number of para-hydroxylation sites is 2. The van der Waals surface area contributed by atoms with Crippen LogP contribution in [-0.2, 0) is 4.79 Å². The molecule has 1 unspecified atom stereocenters. The molecule has 1 atom stereocenters. The van der Waals surface area contributed by atoms with Crippen LogP contribution < -0.4 is 16.0 Å². The molecule has 1 aromatic rings. The van der Waals surface area contributed by atoms with E-state index in [1.807, 2.05) is 24.3 Å². The Bertz CT molecular complexity index is 388. The second-order valence-electron chi connectivity index (χ2n) is 3.99. The van der Waals surface area contributed by atoms with Gasteiger partial charge in [-0.1, -0.05) is 19.1 Å². The molecule has 0 bridgehead atoms. The van der Waals surface area contributed by atoms with Crippen LogP contribution in [0.2, 0.25) is 0 Å². The van der Waals surface area contributed by atoms with Gasteiger partial charge in [-0.25, -0.2) is 0 Å². The fourth-order valence-corrected chi connectivity index (χ4v) is 2.10. The average molecular weight is 219 g/mol. The summed E-state index contributed by atoms with van der Waals surface area (Å²) in [5.74, 6) is 0.0330. The normalized spacial score (nSPS) is 16.6. The zero-order valence-corrected chi connectivity index (χ0v) is 9.44. The van der Waals surface area contributed by atoms with Crippen LogP contribution in [0.15, 0.2) is 24.3 Å². The molecule has 0 spiro atoms. The summed E-state index contributed by atoms with van der Waals surface area (Å²) in [7, 11) is 0. The highest BCUT2D eigenvalue weighted by atomic mass is 16.2. The molecule has 16 heavy (non-hydrogen) atoms. The Labute approximate surface area is 95.4 Å². The van der Waals surface area contributed by atoms with Gasteiger partial charge in [0.1, 0.15) is 0 Å². The first-order chi connectivity index (χ1) is 7.76. The van der Waals surface area contributed by atoms with Crippen LogP contribution in [0.25, 0.3) is 0 Å². The van der Waals surface area contributed by atoms with Gasteiger partial charge in [0.05, 0.1) is 17.9 Å². The van der Waals surface area contributed by atoms with E-state index in [9.17, 15) is 4.79 Å². The molecule has 0 saturated heterocycles. The second-order valence-corrected chi connectivity index (χ2v) is 3.99. The third kappa shape index (κ3) is 1.88. The Hall–Kier alpha value is -1.55. The number of hydrogen-bond acceptors (Lipinski definition) is 3. The lowest BCUT2D eigenvalue weighted by Gasteiger charge is -2.36. The minimum atomic E-state index is 0.0330. The second kappa shape index (κ2) is 4.53. The fraction of sp³-hybridized carbons (Fsp3) is 0.417. The lowest BCUT2D eigenvalue weighted by Crippen LogP contribution is -2.47. The zero-order valence-electron chi connectivity index (χ0n) is 9.44. The highest BCUT2D eigenvalue weighted by molar-refractivity contribution is 6.01. The Kier molecular flexibility index (Phi) is 3.10. The monoisotopic (exact) mass is 219 g/mol. The Morgan fingerprint density at radius 3 is 2.94 bits per heavy atom. The molecule has 1 aliphatic heterocycles. The van der Waals surface area contributed by atoms with Crippen molar-refractivity contribution in [3.63, 3.8) is 0 Å². The molecule has 0 aromatic heterocycles. The van der Waals surface area contributed by atoms with Crippen molar-refractivity contribution in [2.24, 2.45) is 5.73 Å². The van der Waals surface area contributed by atoms with Gasteiger partial charge in [-0.05, 0) is 18.6 Å². The van der Waals surface area contributed by atoms with Gasteiger partial charge in [-0.3, -0.25) is 4.79 Å². The maximum Gasteiger partial charge on any atom is 0.243 e. The third-order valence-corrected chi connectivity index (χ3v) is 2.99. The van der Waals surface area contributed by atoms with E-state index in [1.54, 1.807) is 0 Å². The van der Waals surface area contributed by atoms with Gasteiger partial charge >= 0.3 is 0 Å². The Morgan fingerprint density at radius 1 is 1.50 bits per heavy atom. The van der Waals surface area contributed by atoms with Gasteiger partial charge in [0.25, 0.3) is 0 Å². The van der Waals surface area contributed by atoms with E-state index in [0.717, 1.165) is 17.8 Å². The third-order valence-electron chi connectivity index (χ3n) is 2.99. The van der Waals surface area contributed by atoms with Crippen LogP contribution >= 0.6 is 0 Å². The molecule has 1 heterocycles. The van der Waals surface area contributed by atoms with Crippen LogP contribution in [0.5, 0.6) is 0 Å². The molecular weight excluding hydrogens is 202 g/mol. The molecule has 86 valence electrons. The van der Waals surface area contributed by atoms with Crippen LogP contribution in [0.1, 0.15) is 13.3 Å². The molecule has 1 aliphatic rings. The van der Waals surface area contributed by atoms with Gasteiger partial charge in [-0.2, -0.15) is 0 Å². The topological polar surface area (TPSA) is 58.4 Å². The molecule has 0 radical (unpaired) electrons. The lowest BCUT2D eigenvalue weighted by atomic mass is 10.1. The van der Waals surface area contributed by atoms with E-state index in [-0.39, 0.29) is 11.9 Å². The van der Waals surface area contributed by atoms with Crippen molar-refractivity contribution in [2.45, 2.75) is 19.4 Å². The van der Waals surface area contributed by atoms with E-state index in [4.69, 9.17) is 5.73 Å². The van der Waals surface area contributed by atoms with Crippen molar-refractivity contribution in [1.29, 1.82) is 0 Å². The molecule has 0 saturated carbocycles. The SMILES string of the molecule is CCC(CN)N1CC(=O)Nc2ccccc21. The van der Waals surface area contributed by atoms with Crippen LogP contribution in [-0.4, -0.2) is 25.0 Å². The van der Waals surface area contributed by atoms with E-state index in [1.165, 1.54) is 0 Å². The summed E-state index contributed by atoms with van der Waals surface area (Å²) in [6.45, 7) is 3.05. The Balaban J connectivity index is 2.36. The quantitative estimate of drug-likeness (QED) is 0.802. The number of rotatable bonds is 3. The number of amides is 1. The Morgan fingerprint density at radius 2 is 2.25 bits per heavy atom. The molecule has 3 N–H and O–H groups in total. The first-order valence-electron chi connectivity index (χ1n) is 5.61. The summed E-state index contributed by atoms with van der Waals surface area (Å²) in [6.07, 6.45) is 0.943. The predicted octanol–water partition coefficient (Wildman–Crippen LogP) is 1.18. The smallest absolute Gasteiger partial charge is 0.243 e. The zero-order chi connectivity index (χ0) is 11.5. The maximum atomic E-state index is 11.6. The number of benzene rings is 1. The lowest BCUT2D eigenvalue weighted by molar-refractivity contribution is -0.115. The largest absolute Gasteiger partial charge is 0.356 e. The van der Waals surface area contributed by atoms with Crippen LogP contribution in [0.4, 0.5) is 11.4 Å². The van der Waals surface area contributed by atoms with Crippen molar-refractivity contribution >= 4 is 17.3 Å². The molecule has 0 fully saturated rings. The summed E-state index contributed by atoms with van der Waals surface area (Å²) in [5.41, 5.74) is 7.69. The molecule has 4 heteroatoms. The number of carbonyl (C=O) groups is 1. The maximum absolute atomic E-state index is 11.6. The van der Waals surface area contributed by atoms with Crippen molar-refractivity contribution in [2.75, 3.05) is 23.3 Å². The number of nitrogens with one attached hydrogen (secondary N) is 1. The summed E-state index contributed by atoms with van der Waals surface area (Å²) < 4.78 is 0. The number of nitrogens with zero attached hydrogens (tertiary/aromatic N) is 1. The summed E-state index contributed by atoms with van der Waals surface area (Å²) in [4.78, 5) is 13.7. The van der Waals surface area contributed by atoms with Gasteiger partial charge in [0, 0.05) is 12.6 Å². The van der Waals surface area contributed by atoms with Crippen molar-refractivity contribution in [1.82, 2.24) is 0 Å². The van der Waals surface area contributed by atoms with E-state index < -0.39 is 0 Å². The number of anilines is 2. The molecule has 0 aliphatic carbocycles. The number of fused-ring (bicyclic) bond motifs is 1. The summed E-state index contributed by atoms with van der Waals surface area (Å²) >= 11 is 0.